The summed E-state index contributed by atoms with van der Waals surface area (Å²) >= 11 is 0. The maximum absolute atomic E-state index is 12.7. The summed E-state index contributed by atoms with van der Waals surface area (Å²) < 4.78 is 32.9. The van der Waals surface area contributed by atoms with E-state index in [1.165, 1.54) is 7.11 Å². The molecule has 5 rings (SSSR count). The second-order valence-corrected chi connectivity index (χ2v) is 7.54. The monoisotopic (exact) mass is 414 g/mol. The zero-order valence-electron chi connectivity index (χ0n) is 16.8. The van der Waals surface area contributed by atoms with Crippen LogP contribution in [-0.2, 0) is 9.53 Å². The number of aliphatic hydroxyl groups is 1. The Kier molecular flexibility index (Phi) is 4.39. The number of carbonyl (C=O) groups is 1. The van der Waals surface area contributed by atoms with Crippen LogP contribution in [0.4, 0.5) is 0 Å². The number of aliphatic hydroxyl groups excluding tert-OH is 1. The molecule has 0 radical (unpaired) electrons. The third kappa shape index (κ3) is 2.60. The van der Waals surface area contributed by atoms with E-state index < -0.39 is 12.0 Å². The predicted molar refractivity (Wildman–Crippen MR) is 103 cm³/mol. The lowest BCUT2D eigenvalue weighted by Gasteiger charge is -2.37. The molecular formula is C22H22O8. The van der Waals surface area contributed by atoms with E-state index in [0.29, 0.717) is 34.3 Å². The molecule has 30 heavy (non-hydrogen) atoms. The molecule has 1 aliphatic carbocycles. The number of cyclic esters (lactones) is 1. The van der Waals surface area contributed by atoms with Gasteiger partial charge >= 0.3 is 5.97 Å². The molecule has 2 aromatic rings. The van der Waals surface area contributed by atoms with Crippen molar-refractivity contribution in [3.8, 4) is 28.7 Å². The number of hydrogen-bond acceptors (Lipinski definition) is 8. The molecule has 8 nitrogen and oxygen atoms in total. The molecule has 0 spiro atoms. The van der Waals surface area contributed by atoms with Crippen LogP contribution in [0.15, 0.2) is 24.3 Å². The molecule has 0 aromatic heterocycles. The lowest BCUT2D eigenvalue weighted by atomic mass is 9.66. The molecule has 8 heteroatoms. The molecule has 158 valence electrons. The summed E-state index contributed by atoms with van der Waals surface area (Å²) in [6, 6.07) is 7.31. The Balaban J connectivity index is 1.74. The zero-order valence-corrected chi connectivity index (χ0v) is 16.8. The Hall–Kier alpha value is -3.13. The third-order valence-corrected chi connectivity index (χ3v) is 6.19. The van der Waals surface area contributed by atoms with Gasteiger partial charge in [-0.05, 0) is 41.0 Å². The summed E-state index contributed by atoms with van der Waals surface area (Å²) in [7, 11) is 4.63. The Bertz CT molecular complexity index is 991. The highest BCUT2D eigenvalue weighted by molar-refractivity contribution is 5.79. The summed E-state index contributed by atoms with van der Waals surface area (Å²) in [6.45, 7) is 0.289. The van der Waals surface area contributed by atoms with Crippen LogP contribution in [-0.4, -0.2) is 45.8 Å². The van der Waals surface area contributed by atoms with Crippen molar-refractivity contribution < 1.29 is 38.3 Å². The first kappa shape index (κ1) is 18.9. The predicted octanol–water partition coefficient (Wildman–Crippen LogP) is 2.41. The Morgan fingerprint density at radius 1 is 0.900 bits per heavy atom. The van der Waals surface area contributed by atoms with Gasteiger partial charge in [0.1, 0.15) is 0 Å². The fourth-order valence-corrected chi connectivity index (χ4v) is 4.81. The van der Waals surface area contributed by atoms with Crippen LogP contribution < -0.4 is 23.7 Å². The average Bonchev–Trinajstić information content (AvgIpc) is 3.38. The Morgan fingerprint density at radius 3 is 2.13 bits per heavy atom. The molecule has 1 saturated heterocycles. The molecule has 1 N–H and O–H groups in total. The largest absolute Gasteiger partial charge is 0.493 e. The molecule has 1 unspecified atom stereocenters. The quantitative estimate of drug-likeness (QED) is 0.763. The summed E-state index contributed by atoms with van der Waals surface area (Å²) in [5.74, 6) is 0.989. The molecule has 0 bridgehead atoms. The molecule has 0 saturated carbocycles. The first-order valence-electron chi connectivity index (χ1n) is 9.65. The number of ether oxygens (including phenoxy) is 6. The number of esters is 1. The lowest BCUT2D eigenvalue weighted by Crippen LogP contribution is -2.34. The fourth-order valence-electron chi connectivity index (χ4n) is 4.81. The normalized spacial score (nSPS) is 25.9. The molecule has 1 fully saturated rings. The van der Waals surface area contributed by atoms with E-state index >= 15 is 0 Å². The van der Waals surface area contributed by atoms with Crippen LogP contribution in [0.2, 0.25) is 0 Å². The third-order valence-electron chi connectivity index (χ3n) is 6.19. The maximum Gasteiger partial charge on any atom is 0.310 e. The Labute approximate surface area is 173 Å². The van der Waals surface area contributed by atoms with Crippen LogP contribution >= 0.6 is 0 Å². The zero-order chi connectivity index (χ0) is 21.0. The minimum Gasteiger partial charge on any atom is -0.493 e. The Morgan fingerprint density at radius 2 is 1.53 bits per heavy atom. The molecule has 2 aromatic carbocycles. The van der Waals surface area contributed by atoms with Gasteiger partial charge in [0.15, 0.2) is 23.0 Å². The van der Waals surface area contributed by atoms with Gasteiger partial charge in [0.2, 0.25) is 12.5 Å². The van der Waals surface area contributed by atoms with Crippen molar-refractivity contribution in [2.75, 3.05) is 34.7 Å². The van der Waals surface area contributed by atoms with Crippen molar-refractivity contribution in [3.63, 3.8) is 0 Å². The molecule has 0 amide bonds. The number of fused-ring (bicyclic) bond motifs is 3. The number of hydrogen-bond donors (Lipinski definition) is 1. The van der Waals surface area contributed by atoms with Gasteiger partial charge < -0.3 is 33.5 Å². The van der Waals surface area contributed by atoms with Gasteiger partial charge in [-0.3, -0.25) is 4.79 Å². The van der Waals surface area contributed by atoms with Gasteiger partial charge in [0.25, 0.3) is 0 Å². The van der Waals surface area contributed by atoms with Gasteiger partial charge in [0.05, 0.1) is 40.0 Å². The van der Waals surface area contributed by atoms with Gasteiger partial charge in [0, 0.05) is 11.8 Å². The highest BCUT2D eigenvalue weighted by Crippen LogP contribution is 2.55. The van der Waals surface area contributed by atoms with Crippen molar-refractivity contribution in [3.05, 3.63) is 41.0 Å². The average molecular weight is 414 g/mol. The van der Waals surface area contributed by atoms with Gasteiger partial charge in [-0.25, -0.2) is 0 Å². The van der Waals surface area contributed by atoms with E-state index in [0.717, 1.165) is 11.1 Å². The van der Waals surface area contributed by atoms with Crippen LogP contribution in [0.1, 0.15) is 28.7 Å². The molecular weight excluding hydrogens is 392 g/mol. The van der Waals surface area contributed by atoms with Gasteiger partial charge in [-0.15, -0.1) is 0 Å². The van der Waals surface area contributed by atoms with Gasteiger partial charge in [-0.1, -0.05) is 0 Å². The van der Waals surface area contributed by atoms with Crippen molar-refractivity contribution in [2.45, 2.75) is 12.0 Å². The SMILES string of the molecule is COc1cc([C@@H]2c3cc4c(cc3C(O)[C@H]3COC(=O)[C@@H]23)OCO4)cc(OC)c1OC. The highest BCUT2D eigenvalue weighted by atomic mass is 16.7. The summed E-state index contributed by atoms with van der Waals surface area (Å²) in [5, 5.41) is 11.0. The second-order valence-electron chi connectivity index (χ2n) is 7.54. The molecule has 2 heterocycles. The van der Waals surface area contributed by atoms with E-state index in [1.54, 1.807) is 20.3 Å². The van der Waals surface area contributed by atoms with E-state index in [9.17, 15) is 9.90 Å². The smallest absolute Gasteiger partial charge is 0.310 e. The van der Waals surface area contributed by atoms with Gasteiger partial charge in [-0.2, -0.15) is 0 Å². The van der Waals surface area contributed by atoms with E-state index in [2.05, 4.69) is 0 Å². The first-order valence-corrected chi connectivity index (χ1v) is 9.65. The van der Waals surface area contributed by atoms with Crippen molar-refractivity contribution >= 4 is 5.97 Å². The highest BCUT2D eigenvalue weighted by Gasteiger charge is 2.52. The second kappa shape index (κ2) is 6.98. The van der Waals surface area contributed by atoms with E-state index in [-0.39, 0.29) is 31.2 Å². The van der Waals surface area contributed by atoms with Crippen LogP contribution in [0.25, 0.3) is 0 Å². The standard InChI is InChI=1S/C22H22O8/c1-25-16-4-10(5-17(26-2)21(16)27-3)18-11-6-14-15(30-9-29-14)7-12(11)20(23)13-8-28-22(24)19(13)18/h4-7,13,18-20,23H,8-9H2,1-3H3/t13-,18+,19+,20?/m0/s1. The molecule has 4 atom stereocenters. The maximum atomic E-state index is 12.7. The number of benzene rings is 2. The van der Waals surface area contributed by atoms with Crippen molar-refractivity contribution in [2.24, 2.45) is 11.8 Å². The summed E-state index contributed by atoms with van der Waals surface area (Å²) in [4.78, 5) is 12.7. The van der Waals surface area contributed by atoms with E-state index in [1.807, 2.05) is 18.2 Å². The summed E-state index contributed by atoms with van der Waals surface area (Å²) in [6.07, 6.45) is -0.843. The molecule has 3 aliphatic rings. The number of rotatable bonds is 4. The molecule has 2 aliphatic heterocycles. The lowest BCUT2D eigenvalue weighted by molar-refractivity contribution is -0.141. The van der Waals surface area contributed by atoms with Crippen molar-refractivity contribution in [1.82, 2.24) is 0 Å². The number of methoxy groups -OCH3 is 3. The van der Waals surface area contributed by atoms with Crippen LogP contribution in [0, 0.1) is 11.8 Å². The summed E-state index contributed by atoms with van der Waals surface area (Å²) in [5.41, 5.74) is 2.30. The van der Waals surface area contributed by atoms with Crippen LogP contribution in [0.3, 0.4) is 0 Å². The minimum atomic E-state index is -0.843. The number of carbonyl (C=O) groups excluding carboxylic acids is 1. The van der Waals surface area contributed by atoms with E-state index in [4.69, 9.17) is 28.4 Å². The van der Waals surface area contributed by atoms with Crippen LogP contribution in [0.5, 0.6) is 28.7 Å². The first-order chi connectivity index (χ1) is 14.6. The topological polar surface area (TPSA) is 92.7 Å². The fraction of sp³-hybridized carbons (Fsp3) is 0.409. The van der Waals surface area contributed by atoms with Crippen molar-refractivity contribution in [1.29, 1.82) is 0 Å². The minimum absolute atomic E-state index is 0.123.